The van der Waals surface area contributed by atoms with Gasteiger partial charge >= 0.3 is 0 Å². The van der Waals surface area contributed by atoms with Gasteiger partial charge in [-0.15, -0.1) is 0 Å². The van der Waals surface area contributed by atoms with E-state index in [2.05, 4.69) is 27.8 Å². The second-order valence-electron chi connectivity index (χ2n) is 3.61. The van der Waals surface area contributed by atoms with E-state index in [1.165, 1.54) is 6.54 Å². The van der Waals surface area contributed by atoms with Crippen LogP contribution in [0.4, 0.5) is 0 Å². The van der Waals surface area contributed by atoms with Gasteiger partial charge in [-0.1, -0.05) is 0 Å². The molecule has 0 rings (SSSR count). The van der Waals surface area contributed by atoms with Gasteiger partial charge in [-0.3, -0.25) is 0 Å². The van der Waals surface area contributed by atoms with Crippen LogP contribution in [0.1, 0.15) is 20.8 Å². The minimum absolute atomic E-state index is 0.690. The molecular formula is C9H22NO+. The maximum atomic E-state index is 5.07. The fourth-order valence-electron chi connectivity index (χ4n) is 1.08. The molecule has 0 aliphatic heterocycles. The summed E-state index contributed by atoms with van der Waals surface area (Å²) in [5.41, 5.74) is 0. The van der Waals surface area contributed by atoms with E-state index in [4.69, 9.17) is 4.74 Å². The summed E-state index contributed by atoms with van der Waals surface area (Å²) < 4.78 is 6.18. The molecule has 2 nitrogen and oxygen atoms in total. The van der Waals surface area contributed by atoms with Crippen molar-refractivity contribution < 1.29 is 9.22 Å². The average Bonchev–Trinajstić information content (AvgIpc) is 2.00. The van der Waals surface area contributed by atoms with E-state index >= 15 is 0 Å². The Morgan fingerprint density at radius 2 is 1.91 bits per heavy atom. The standard InChI is InChI=1S/C9H22NO/c1-6-10(4,9(2)3)7-8-11-5/h9H,6-8H2,1-5H3/q+1. The third-order valence-electron chi connectivity index (χ3n) is 2.78. The summed E-state index contributed by atoms with van der Waals surface area (Å²) in [6.45, 7) is 9.92. The summed E-state index contributed by atoms with van der Waals surface area (Å²) in [6, 6.07) is 0.690. The summed E-state index contributed by atoms with van der Waals surface area (Å²) in [5.74, 6) is 0. The molecule has 0 aromatic rings. The second kappa shape index (κ2) is 4.73. The zero-order valence-corrected chi connectivity index (χ0v) is 8.55. The molecule has 0 bridgehead atoms. The van der Waals surface area contributed by atoms with E-state index < -0.39 is 0 Å². The highest BCUT2D eigenvalue weighted by atomic mass is 16.5. The predicted molar refractivity (Wildman–Crippen MR) is 48.6 cm³/mol. The molecule has 0 saturated carbocycles. The monoisotopic (exact) mass is 160 g/mol. The Balaban J connectivity index is 3.88. The molecule has 0 spiro atoms. The number of hydrogen-bond donors (Lipinski definition) is 0. The van der Waals surface area contributed by atoms with E-state index in [0.717, 1.165) is 17.6 Å². The van der Waals surface area contributed by atoms with Gasteiger partial charge in [0.1, 0.15) is 6.54 Å². The van der Waals surface area contributed by atoms with Crippen LogP contribution in [0.3, 0.4) is 0 Å². The van der Waals surface area contributed by atoms with Crippen LogP contribution in [0.25, 0.3) is 0 Å². The normalized spacial score (nSPS) is 16.9. The van der Waals surface area contributed by atoms with Gasteiger partial charge in [0.2, 0.25) is 0 Å². The Labute approximate surface area is 70.7 Å². The van der Waals surface area contributed by atoms with Gasteiger partial charge in [0.15, 0.2) is 0 Å². The molecule has 0 N–H and O–H groups in total. The van der Waals surface area contributed by atoms with Crippen molar-refractivity contribution in [2.24, 2.45) is 0 Å². The second-order valence-corrected chi connectivity index (χ2v) is 3.61. The quantitative estimate of drug-likeness (QED) is 0.554. The minimum atomic E-state index is 0.690. The highest BCUT2D eigenvalue weighted by molar-refractivity contribution is 4.42. The van der Waals surface area contributed by atoms with Gasteiger partial charge in [-0.05, 0) is 20.8 Å². The lowest BCUT2D eigenvalue weighted by Crippen LogP contribution is -2.51. The van der Waals surface area contributed by atoms with Gasteiger partial charge in [0.25, 0.3) is 0 Å². The molecule has 0 aromatic carbocycles. The first-order valence-electron chi connectivity index (χ1n) is 4.40. The average molecular weight is 160 g/mol. The van der Waals surface area contributed by atoms with Crippen molar-refractivity contribution in [3.63, 3.8) is 0 Å². The fraction of sp³-hybridized carbons (Fsp3) is 1.00. The number of methoxy groups -OCH3 is 1. The number of quaternary nitrogens is 1. The third-order valence-corrected chi connectivity index (χ3v) is 2.78. The predicted octanol–water partition coefficient (Wildman–Crippen LogP) is 1.51. The van der Waals surface area contributed by atoms with Crippen LogP contribution in [0.5, 0.6) is 0 Å². The van der Waals surface area contributed by atoms with Crippen LogP contribution >= 0.6 is 0 Å². The Bertz CT molecular complexity index is 104. The maximum absolute atomic E-state index is 5.07. The molecule has 0 fully saturated rings. The molecule has 0 saturated heterocycles. The zero-order valence-electron chi connectivity index (χ0n) is 8.55. The summed E-state index contributed by atoms with van der Waals surface area (Å²) >= 11 is 0. The van der Waals surface area contributed by atoms with Crippen molar-refractivity contribution >= 4 is 0 Å². The molecule has 0 heterocycles. The molecule has 1 unspecified atom stereocenters. The van der Waals surface area contributed by atoms with Gasteiger partial charge in [0.05, 0.1) is 26.2 Å². The number of rotatable bonds is 5. The minimum Gasteiger partial charge on any atom is -0.379 e. The van der Waals surface area contributed by atoms with E-state index in [1.807, 2.05) is 0 Å². The van der Waals surface area contributed by atoms with Crippen LogP contribution < -0.4 is 0 Å². The Kier molecular flexibility index (Phi) is 4.69. The van der Waals surface area contributed by atoms with Crippen LogP contribution in [0.2, 0.25) is 0 Å². The summed E-state index contributed by atoms with van der Waals surface area (Å²) in [5, 5.41) is 0. The molecule has 68 valence electrons. The number of nitrogens with zero attached hydrogens (tertiary/aromatic N) is 1. The summed E-state index contributed by atoms with van der Waals surface area (Å²) in [6.07, 6.45) is 0. The Hall–Kier alpha value is -0.0800. The number of likely N-dealkylation sites (N-methyl/N-ethyl adjacent to an activating group) is 1. The smallest absolute Gasteiger partial charge is 0.102 e. The van der Waals surface area contributed by atoms with Gasteiger partial charge in [0, 0.05) is 7.11 Å². The van der Waals surface area contributed by atoms with E-state index in [9.17, 15) is 0 Å². The number of ether oxygens (including phenoxy) is 1. The van der Waals surface area contributed by atoms with Gasteiger partial charge in [-0.25, -0.2) is 0 Å². The molecule has 0 amide bonds. The van der Waals surface area contributed by atoms with Crippen molar-refractivity contribution in [2.45, 2.75) is 26.8 Å². The molecule has 2 heteroatoms. The highest BCUT2D eigenvalue weighted by Crippen LogP contribution is 2.08. The molecule has 11 heavy (non-hydrogen) atoms. The molecule has 0 aliphatic carbocycles. The first-order chi connectivity index (χ1) is 5.06. The lowest BCUT2D eigenvalue weighted by Gasteiger charge is -2.37. The molecule has 0 aliphatic rings. The summed E-state index contributed by atoms with van der Waals surface area (Å²) in [7, 11) is 4.05. The number of hydrogen-bond acceptors (Lipinski definition) is 1. The van der Waals surface area contributed by atoms with Crippen molar-refractivity contribution in [1.82, 2.24) is 0 Å². The molecule has 0 aromatic heterocycles. The van der Waals surface area contributed by atoms with Crippen LogP contribution in [0, 0.1) is 0 Å². The maximum Gasteiger partial charge on any atom is 0.102 e. The van der Waals surface area contributed by atoms with Crippen LogP contribution in [0.15, 0.2) is 0 Å². The Morgan fingerprint density at radius 1 is 1.36 bits per heavy atom. The Morgan fingerprint density at radius 3 is 2.18 bits per heavy atom. The van der Waals surface area contributed by atoms with Gasteiger partial charge < -0.3 is 9.22 Å². The molecular weight excluding hydrogens is 138 g/mol. The van der Waals surface area contributed by atoms with E-state index in [-0.39, 0.29) is 0 Å². The van der Waals surface area contributed by atoms with Crippen LogP contribution in [-0.4, -0.2) is 44.4 Å². The van der Waals surface area contributed by atoms with Crippen LogP contribution in [-0.2, 0) is 4.74 Å². The SMILES string of the molecule is CC[N+](C)(CCOC)C(C)C. The third kappa shape index (κ3) is 3.21. The first kappa shape index (κ1) is 10.9. The summed E-state index contributed by atoms with van der Waals surface area (Å²) in [4.78, 5) is 0. The lowest BCUT2D eigenvalue weighted by atomic mass is 10.2. The highest BCUT2D eigenvalue weighted by Gasteiger charge is 2.22. The molecule has 0 radical (unpaired) electrons. The van der Waals surface area contributed by atoms with E-state index in [1.54, 1.807) is 7.11 Å². The van der Waals surface area contributed by atoms with Crippen molar-refractivity contribution in [3.05, 3.63) is 0 Å². The van der Waals surface area contributed by atoms with Crippen molar-refractivity contribution in [2.75, 3.05) is 33.9 Å². The molecule has 1 atom stereocenters. The van der Waals surface area contributed by atoms with Gasteiger partial charge in [-0.2, -0.15) is 0 Å². The van der Waals surface area contributed by atoms with Crippen molar-refractivity contribution in [3.8, 4) is 0 Å². The van der Waals surface area contributed by atoms with E-state index in [0.29, 0.717) is 6.04 Å². The first-order valence-corrected chi connectivity index (χ1v) is 4.40. The zero-order chi connectivity index (χ0) is 8.91. The topological polar surface area (TPSA) is 9.23 Å². The lowest BCUT2D eigenvalue weighted by molar-refractivity contribution is -0.928. The van der Waals surface area contributed by atoms with Crippen molar-refractivity contribution in [1.29, 1.82) is 0 Å². The largest absolute Gasteiger partial charge is 0.379 e. The fourth-order valence-corrected chi connectivity index (χ4v) is 1.08.